The number of anilines is 2. The van der Waals surface area contributed by atoms with Gasteiger partial charge in [0.05, 0.1) is 16.8 Å². The number of hydrogen-bond donors (Lipinski definition) is 2. The fourth-order valence-corrected chi connectivity index (χ4v) is 5.27. The van der Waals surface area contributed by atoms with E-state index in [9.17, 15) is 13.2 Å². The number of nitrogens with one attached hydrogen (secondary N) is 2. The third-order valence-electron chi connectivity index (χ3n) is 4.88. The molecular formula is C23H21N3O4S2. The normalized spacial score (nSPS) is 11.3. The van der Waals surface area contributed by atoms with Crippen LogP contribution in [0.3, 0.4) is 0 Å². The van der Waals surface area contributed by atoms with Gasteiger partial charge in [0.2, 0.25) is 0 Å². The molecule has 2 aromatic carbocycles. The fourth-order valence-electron chi connectivity index (χ4n) is 3.19. The number of benzene rings is 2. The molecule has 0 spiro atoms. The van der Waals surface area contributed by atoms with Crippen molar-refractivity contribution < 1.29 is 17.6 Å². The Labute approximate surface area is 190 Å². The van der Waals surface area contributed by atoms with Gasteiger partial charge in [0, 0.05) is 10.6 Å². The van der Waals surface area contributed by atoms with Crippen LogP contribution in [-0.2, 0) is 10.0 Å². The molecule has 0 atom stereocenters. The molecule has 4 rings (SSSR count). The molecule has 2 heterocycles. The van der Waals surface area contributed by atoms with Crippen molar-refractivity contribution in [2.24, 2.45) is 0 Å². The van der Waals surface area contributed by atoms with E-state index in [0.717, 1.165) is 16.0 Å². The van der Waals surface area contributed by atoms with Gasteiger partial charge in [-0.25, -0.2) is 13.4 Å². The number of para-hydroxylation sites is 1. The molecule has 0 saturated heterocycles. The van der Waals surface area contributed by atoms with E-state index in [0.29, 0.717) is 27.8 Å². The predicted molar refractivity (Wildman–Crippen MR) is 126 cm³/mol. The first-order chi connectivity index (χ1) is 15.2. The second-order valence-corrected chi connectivity index (χ2v) is 10.1. The molecule has 0 aliphatic heterocycles. The predicted octanol–water partition coefficient (Wildman–Crippen LogP) is 5.38. The molecule has 4 aromatic rings. The Morgan fingerprint density at radius 3 is 2.28 bits per heavy atom. The minimum atomic E-state index is -3.77. The van der Waals surface area contributed by atoms with Gasteiger partial charge in [-0.2, -0.15) is 0 Å². The standard InChI is InChI=1S/C23H21N3O4S2/c1-14-6-4-7-15(2)20(14)26-32(28,29)18-11-9-17(10-12-18)24-22(27)21-16(3)31-23(25-21)19-8-5-13-30-19/h4-13,26H,1-3H3,(H,24,27). The lowest BCUT2D eigenvalue weighted by molar-refractivity contribution is 0.102. The number of sulfonamides is 1. The summed E-state index contributed by atoms with van der Waals surface area (Å²) in [4.78, 5) is 17.9. The molecule has 2 N–H and O–H groups in total. The summed E-state index contributed by atoms with van der Waals surface area (Å²) in [5.41, 5.74) is 3.01. The van der Waals surface area contributed by atoms with E-state index in [4.69, 9.17) is 4.42 Å². The van der Waals surface area contributed by atoms with Gasteiger partial charge in [0.25, 0.3) is 15.9 Å². The van der Waals surface area contributed by atoms with Crippen LogP contribution in [0.2, 0.25) is 0 Å². The second-order valence-electron chi connectivity index (χ2n) is 7.25. The van der Waals surface area contributed by atoms with Crippen LogP contribution < -0.4 is 10.0 Å². The topological polar surface area (TPSA) is 101 Å². The first-order valence-corrected chi connectivity index (χ1v) is 12.1. The summed E-state index contributed by atoms with van der Waals surface area (Å²) in [7, 11) is -3.77. The summed E-state index contributed by atoms with van der Waals surface area (Å²) in [6.45, 7) is 5.51. The number of furan rings is 1. The lowest BCUT2D eigenvalue weighted by atomic mass is 10.1. The smallest absolute Gasteiger partial charge is 0.275 e. The number of aromatic nitrogens is 1. The summed E-state index contributed by atoms with van der Waals surface area (Å²) >= 11 is 1.37. The molecule has 0 aliphatic rings. The SMILES string of the molecule is Cc1cccc(C)c1NS(=O)(=O)c1ccc(NC(=O)c2nc(-c3ccco3)sc2C)cc1. The maximum Gasteiger partial charge on any atom is 0.275 e. The van der Waals surface area contributed by atoms with Crippen LogP contribution in [-0.4, -0.2) is 19.3 Å². The summed E-state index contributed by atoms with van der Waals surface area (Å²) in [6, 6.07) is 15.1. The Morgan fingerprint density at radius 2 is 1.66 bits per heavy atom. The van der Waals surface area contributed by atoms with E-state index < -0.39 is 10.0 Å². The van der Waals surface area contributed by atoms with Crippen LogP contribution in [0.15, 0.2) is 70.2 Å². The van der Waals surface area contributed by atoms with Crippen molar-refractivity contribution in [3.8, 4) is 10.8 Å². The van der Waals surface area contributed by atoms with Gasteiger partial charge in [-0.1, -0.05) is 18.2 Å². The van der Waals surface area contributed by atoms with Crippen molar-refractivity contribution in [2.75, 3.05) is 10.0 Å². The van der Waals surface area contributed by atoms with Gasteiger partial charge >= 0.3 is 0 Å². The van der Waals surface area contributed by atoms with E-state index in [1.54, 1.807) is 30.5 Å². The molecule has 2 aromatic heterocycles. The van der Waals surface area contributed by atoms with Crippen molar-refractivity contribution >= 4 is 38.6 Å². The summed E-state index contributed by atoms with van der Waals surface area (Å²) in [5.74, 6) is 0.226. The maximum absolute atomic E-state index is 12.8. The zero-order chi connectivity index (χ0) is 22.9. The monoisotopic (exact) mass is 467 g/mol. The van der Waals surface area contributed by atoms with Gasteiger partial charge in [-0.3, -0.25) is 9.52 Å². The molecule has 0 unspecified atom stereocenters. The quantitative estimate of drug-likeness (QED) is 0.396. The number of hydrogen-bond acceptors (Lipinski definition) is 6. The van der Waals surface area contributed by atoms with E-state index in [2.05, 4.69) is 15.0 Å². The van der Waals surface area contributed by atoms with E-state index >= 15 is 0 Å². The van der Waals surface area contributed by atoms with Gasteiger partial charge in [0.1, 0.15) is 5.69 Å². The third-order valence-corrected chi connectivity index (χ3v) is 7.23. The van der Waals surface area contributed by atoms with Crippen LogP contribution in [0.5, 0.6) is 0 Å². The van der Waals surface area contributed by atoms with Crippen molar-refractivity contribution in [3.63, 3.8) is 0 Å². The molecule has 0 radical (unpaired) electrons. The molecule has 7 nitrogen and oxygen atoms in total. The highest BCUT2D eigenvalue weighted by Gasteiger charge is 2.19. The lowest BCUT2D eigenvalue weighted by Crippen LogP contribution is -2.16. The molecule has 0 aliphatic carbocycles. The highest BCUT2D eigenvalue weighted by molar-refractivity contribution is 7.92. The van der Waals surface area contributed by atoms with E-state index in [-0.39, 0.29) is 10.8 Å². The van der Waals surface area contributed by atoms with Gasteiger partial charge < -0.3 is 9.73 Å². The number of aryl methyl sites for hydroxylation is 3. The minimum Gasteiger partial charge on any atom is -0.462 e. The van der Waals surface area contributed by atoms with Gasteiger partial charge in [-0.05, 0) is 68.3 Å². The van der Waals surface area contributed by atoms with Gasteiger partial charge in [-0.15, -0.1) is 11.3 Å². The number of amides is 1. The number of thiazole rings is 1. The van der Waals surface area contributed by atoms with Crippen LogP contribution in [0.25, 0.3) is 10.8 Å². The van der Waals surface area contributed by atoms with Crippen molar-refractivity contribution in [1.82, 2.24) is 4.98 Å². The first kappa shape index (κ1) is 21.8. The van der Waals surface area contributed by atoms with Crippen molar-refractivity contribution in [1.29, 1.82) is 0 Å². The minimum absolute atomic E-state index is 0.100. The molecule has 0 fully saturated rings. The van der Waals surface area contributed by atoms with Crippen LogP contribution >= 0.6 is 11.3 Å². The van der Waals surface area contributed by atoms with Crippen molar-refractivity contribution in [3.05, 3.63) is 82.6 Å². The average molecular weight is 468 g/mol. The highest BCUT2D eigenvalue weighted by atomic mass is 32.2. The Morgan fingerprint density at radius 1 is 0.969 bits per heavy atom. The Balaban J connectivity index is 1.50. The summed E-state index contributed by atoms with van der Waals surface area (Å²) in [5, 5.41) is 3.39. The fraction of sp³-hybridized carbons (Fsp3) is 0.130. The van der Waals surface area contributed by atoms with Crippen LogP contribution in [0, 0.1) is 20.8 Å². The molecule has 1 amide bonds. The summed E-state index contributed by atoms with van der Waals surface area (Å²) < 4.78 is 33.6. The molecule has 0 bridgehead atoms. The van der Waals surface area contributed by atoms with Crippen LogP contribution in [0.4, 0.5) is 11.4 Å². The average Bonchev–Trinajstić information content (AvgIpc) is 3.41. The largest absolute Gasteiger partial charge is 0.462 e. The molecule has 32 heavy (non-hydrogen) atoms. The number of nitrogens with zero attached hydrogens (tertiary/aromatic N) is 1. The van der Waals surface area contributed by atoms with Gasteiger partial charge in [0.15, 0.2) is 10.8 Å². The highest BCUT2D eigenvalue weighted by Crippen LogP contribution is 2.29. The lowest BCUT2D eigenvalue weighted by Gasteiger charge is -2.13. The Kier molecular flexibility index (Phi) is 5.86. The summed E-state index contributed by atoms with van der Waals surface area (Å²) in [6.07, 6.45) is 1.55. The molecule has 164 valence electrons. The molecular weight excluding hydrogens is 446 g/mol. The molecule has 9 heteroatoms. The molecule has 0 saturated carbocycles. The number of carbonyl (C=O) groups is 1. The Hall–Kier alpha value is -3.43. The first-order valence-electron chi connectivity index (χ1n) is 9.76. The Bertz CT molecular complexity index is 1350. The van der Waals surface area contributed by atoms with E-state index in [1.165, 1.54) is 23.5 Å². The second kappa shape index (κ2) is 8.60. The van der Waals surface area contributed by atoms with Crippen LogP contribution in [0.1, 0.15) is 26.5 Å². The zero-order valence-corrected chi connectivity index (χ0v) is 19.3. The number of rotatable bonds is 6. The van der Waals surface area contributed by atoms with E-state index in [1.807, 2.05) is 39.0 Å². The number of carbonyl (C=O) groups excluding carboxylic acids is 1. The maximum atomic E-state index is 12.8. The van der Waals surface area contributed by atoms with Crippen molar-refractivity contribution in [2.45, 2.75) is 25.7 Å². The zero-order valence-electron chi connectivity index (χ0n) is 17.7. The third kappa shape index (κ3) is 4.44.